The lowest BCUT2D eigenvalue weighted by Crippen LogP contribution is -2.49. The standard InChI is InChI=1S/C15H24OSi2/c1-17(2,3)14-9-7-8-10-15(12-11-14,13(14)16)18(4,5)6/h7-12H,1-6H3/t14-,15+. The Bertz CT molecular complexity index is 432. The van der Waals surface area contributed by atoms with E-state index in [1.165, 1.54) is 0 Å². The van der Waals surface area contributed by atoms with Crippen LogP contribution in [0.4, 0.5) is 0 Å². The highest BCUT2D eigenvalue weighted by atomic mass is 28.3. The molecule has 0 saturated heterocycles. The highest BCUT2D eigenvalue weighted by Gasteiger charge is 2.60. The Hall–Kier alpha value is -0.676. The molecule has 98 valence electrons. The molecule has 0 N–H and O–H groups in total. The van der Waals surface area contributed by atoms with Crippen LogP contribution < -0.4 is 0 Å². The van der Waals surface area contributed by atoms with Crippen molar-refractivity contribution in [2.24, 2.45) is 0 Å². The third-order valence-electron chi connectivity index (χ3n) is 4.67. The third-order valence-corrected chi connectivity index (χ3v) is 10.8. The van der Waals surface area contributed by atoms with Crippen LogP contribution in [0.3, 0.4) is 0 Å². The Kier molecular flexibility index (Phi) is 2.80. The van der Waals surface area contributed by atoms with Gasteiger partial charge in [0, 0.05) is 0 Å². The van der Waals surface area contributed by atoms with Crippen LogP contribution in [-0.4, -0.2) is 21.9 Å². The molecule has 0 spiro atoms. The number of ketones is 1. The van der Waals surface area contributed by atoms with E-state index in [0.29, 0.717) is 5.78 Å². The monoisotopic (exact) mass is 276 g/mol. The summed E-state index contributed by atoms with van der Waals surface area (Å²) in [6.45, 7) is 13.8. The number of rotatable bonds is 2. The number of carbonyl (C=O) groups excluding carboxylic acids is 1. The van der Waals surface area contributed by atoms with E-state index >= 15 is 0 Å². The second kappa shape index (κ2) is 3.67. The van der Waals surface area contributed by atoms with E-state index in [2.05, 4.69) is 75.7 Å². The lowest BCUT2D eigenvalue weighted by Gasteiger charge is -2.41. The predicted octanol–water partition coefficient (Wildman–Crippen LogP) is 4.41. The van der Waals surface area contributed by atoms with Gasteiger partial charge in [-0.25, -0.2) is 0 Å². The van der Waals surface area contributed by atoms with Gasteiger partial charge in [0.25, 0.3) is 0 Å². The summed E-state index contributed by atoms with van der Waals surface area (Å²) in [5, 5.41) is -0.590. The molecule has 3 heteroatoms. The number of hydrogen-bond donors (Lipinski definition) is 0. The fraction of sp³-hybridized carbons (Fsp3) is 0.533. The Morgan fingerprint density at radius 1 is 0.722 bits per heavy atom. The number of fused-ring (bicyclic) bond motifs is 2. The van der Waals surface area contributed by atoms with Crippen molar-refractivity contribution in [3.63, 3.8) is 0 Å². The molecule has 0 amide bonds. The summed E-state index contributed by atoms with van der Waals surface area (Å²) >= 11 is 0. The second-order valence-corrected chi connectivity index (χ2v) is 18.3. The van der Waals surface area contributed by atoms with Crippen LogP contribution in [0.1, 0.15) is 0 Å². The summed E-state index contributed by atoms with van der Waals surface area (Å²) < 4.78 is 0. The van der Waals surface area contributed by atoms with Crippen LogP contribution in [0.15, 0.2) is 36.5 Å². The molecule has 0 aliphatic heterocycles. The zero-order valence-electron chi connectivity index (χ0n) is 12.4. The molecule has 1 nitrogen and oxygen atoms in total. The number of allylic oxidation sites excluding steroid dienone is 6. The molecule has 18 heavy (non-hydrogen) atoms. The molecular weight excluding hydrogens is 252 g/mol. The quantitative estimate of drug-likeness (QED) is 0.539. The molecule has 0 saturated carbocycles. The van der Waals surface area contributed by atoms with E-state index in [9.17, 15) is 4.79 Å². The van der Waals surface area contributed by atoms with E-state index in [1.807, 2.05) is 0 Å². The summed E-state index contributed by atoms with van der Waals surface area (Å²) in [7, 11) is -3.25. The Balaban J connectivity index is 2.67. The van der Waals surface area contributed by atoms with Crippen LogP contribution in [0.5, 0.6) is 0 Å². The average Bonchev–Trinajstić information content (AvgIpc) is 2.33. The molecule has 0 aromatic carbocycles. The van der Waals surface area contributed by atoms with Gasteiger partial charge in [0.1, 0.15) is 0 Å². The maximum absolute atomic E-state index is 13.2. The van der Waals surface area contributed by atoms with Gasteiger partial charge < -0.3 is 0 Å². The van der Waals surface area contributed by atoms with E-state index in [-0.39, 0.29) is 10.1 Å². The molecule has 0 radical (unpaired) electrons. The smallest absolute Gasteiger partial charge is 0.154 e. The van der Waals surface area contributed by atoms with Gasteiger partial charge in [-0.2, -0.15) is 0 Å². The highest BCUT2D eigenvalue weighted by molar-refractivity contribution is 6.89. The fourth-order valence-electron chi connectivity index (χ4n) is 3.11. The van der Waals surface area contributed by atoms with Gasteiger partial charge in [0.05, 0.1) is 26.2 Å². The normalized spacial score (nSPS) is 35.1. The maximum Gasteiger partial charge on any atom is 0.154 e. The van der Waals surface area contributed by atoms with E-state index in [0.717, 1.165) is 0 Å². The zero-order valence-corrected chi connectivity index (χ0v) is 14.4. The summed E-state index contributed by atoms with van der Waals surface area (Å²) in [5.41, 5.74) is 0. The Labute approximate surface area is 113 Å². The molecule has 0 heterocycles. The largest absolute Gasteiger partial charge is 0.298 e. The van der Waals surface area contributed by atoms with Gasteiger partial charge in [-0.15, -0.1) is 0 Å². The van der Waals surface area contributed by atoms with Crippen molar-refractivity contribution in [3.05, 3.63) is 36.5 Å². The molecule has 2 bridgehead atoms. The fourth-order valence-corrected chi connectivity index (χ4v) is 7.38. The molecule has 2 aliphatic rings. The summed E-state index contributed by atoms with van der Waals surface area (Å²) in [5.74, 6) is 0.443. The number of carbonyl (C=O) groups is 1. The minimum atomic E-state index is -1.63. The molecule has 0 aromatic heterocycles. The van der Waals surface area contributed by atoms with Crippen LogP contribution in [0.25, 0.3) is 0 Å². The van der Waals surface area contributed by atoms with Crippen LogP contribution >= 0.6 is 0 Å². The van der Waals surface area contributed by atoms with Crippen molar-refractivity contribution in [2.75, 3.05) is 0 Å². The zero-order chi connectivity index (χ0) is 13.8. The molecule has 2 aliphatic carbocycles. The van der Waals surface area contributed by atoms with Crippen molar-refractivity contribution in [1.29, 1.82) is 0 Å². The first-order chi connectivity index (χ1) is 8.07. The van der Waals surface area contributed by atoms with Crippen LogP contribution in [-0.2, 0) is 4.79 Å². The summed E-state index contributed by atoms with van der Waals surface area (Å²) in [6.07, 6.45) is 12.9. The highest BCUT2D eigenvalue weighted by Crippen LogP contribution is 2.61. The summed E-state index contributed by atoms with van der Waals surface area (Å²) in [4.78, 5) is 13.2. The van der Waals surface area contributed by atoms with Gasteiger partial charge in [0.15, 0.2) is 5.78 Å². The van der Waals surface area contributed by atoms with Crippen molar-refractivity contribution in [3.8, 4) is 0 Å². The van der Waals surface area contributed by atoms with E-state index in [4.69, 9.17) is 0 Å². The summed E-state index contributed by atoms with van der Waals surface area (Å²) in [6, 6.07) is 0. The van der Waals surface area contributed by atoms with Crippen molar-refractivity contribution in [2.45, 2.75) is 49.4 Å². The molecule has 2 atom stereocenters. The maximum atomic E-state index is 13.2. The van der Waals surface area contributed by atoms with E-state index in [1.54, 1.807) is 0 Å². The molecule has 2 rings (SSSR count). The van der Waals surface area contributed by atoms with Gasteiger partial charge in [-0.05, 0) is 0 Å². The Morgan fingerprint density at radius 3 is 1.33 bits per heavy atom. The molecule has 0 unspecified atom stereocenters. The minimum absolute atomic E-state index is 0.295. The van der Waals surface area contributed by atoms with Crippen LogP contribution in [0, 0.1) is 0 Å². The lowest BCUT2D eigenvalue weighted by atomic mass is 10.0. The SMILES string of the molecule is C[Si](C)(C)[C@@]12C=CC=C[C@@]([Si](C)(C)C)(C=C1)C2=O. The first kappa shape index (κ1) is 13.7. The van der Waals surface area contributed by atoms with Gasteiger partial charge in [-0.3, -0.25) is 4.79 Å². The number of Topliss-reactive ketones (excluding diaryl/α,β-unsaturated/α-hetero) is 1. The number of hydrogen-bond acceptors (Lipinski definition) is 1. The first-order valence-electron chi connectivity index (χ1n) is 6.69. The predicted molar refractivity (Wildman–Crippen MR) is 84.5 cm³/mol. The molecule has 0 aromatic rings. The minimum Gasteiger partial charge on any atom is -0.298 e. The average molecular weight is 277 g/mol. The lowest BCUT2D eigenvalue weighted by molar-refractivity contribution is -0.120. The van der Waals surface area contributed by atoms with Crippen molar-refractivity contribution in [1.82, 2.24) is 0 Å². The van der Waals surface area contributed by atoms with Crippen molar-refractivity contribution >= 4 is 21.9 Å². The topological polar surface area (TPSA) is 17.1 Å². The van der Waals surface area contributed by atoms with Gasteiger partial charge >= 0.3 is 0 Å². The van der Waals surface area contributed by atoms with E-state index < -0.39 is 16.1 Å². The molecular formula is C15H24OSi2. The van der Waals surface area contributed by atoms with Crippen molar-refractivity contribution < 1.29 is 4.79 Å². The molecule has 0 fully saturated rings. The van der Waals surface area contributed by atoms with Crippen LogP contribution in [0.2, 0.25) is 49.4 Å². The van der Waals surface area contributed by atoms with Gasteiger partial charge in [-0.1, -0.05) is 75.7 Å². The second-order valence-electron chi connectivity index (χ2n) is 7.62. The Morgan fingerprint density at radius 2 is 1.06 bits per heavy atom. The first-order valence-corrected chi connectivity index (χ1v) is 13.7. The van der Waals surface area contributed by atoms with Gasteiger partial charge in [0.2, 0.25) is 0 Å². The third kappa shape index (κ3) is 1.53.